The lowest BCUT2D eigenvalue weighted by Crippen LogP contribution is -2.13. The summed E-state index contributed by atoms with van der Waals surface area (Å²) in [7, 11) is 0. The van der Waals surface area contributed by atoms with Crippen molar-refractivity contribution in [3.05, 3.63) is 46.8 Å². The number of H-pyrrole nitrogens is 1. The van der Waals surface area contributed by atoms with Crippen molar-refractivity contribution >= 4 is 11.7 Å². The van der Waals surface area contributed by atoms with Crippen LogP contribution in [-0.4, -0.2) is 15.7 Å². The molecule has 100 valence electrons. The minimum atomic E-state index is -0.197. The molecule has 5 nitrogen and oxygen atoms in total. The van der Waals surface area contributed by atoms with E-state index >= 15 is 0 Å². The molecule has 0 aliphatic heterocycles. The van der Waals surface area contributed by atoms with Gasteiger partial charge in [-0.1, -0.05) is 31.5 Å². The van der Waals surface area contributed by atoms with Gasteiger partial charge in [0.15, 0.2) is 0 Å². The van der Waals surface area contributed by atoms with E-state index in [-0.39, 0.29) is 11.5 Å². The molecule has 0 saturated heterocycles. The van der Waals surface area contributed by atoms with Crippen molar-refractivity contribution in [3.8, 4) is 5.69 Å². The predicted molar refractivity (Wildman–Crippen MR) is 74.5 cm³/mol. The van der Waals surface area contributed by atoms with Crippen LogP contribution in [0.15, 0.2) is 41.2 Å². The topological polar surface area (TPSA) is 66.9 Å². The van der Waals surface area contributed by atoms with Crippen molar-refractivity contribution in [1.82, 2.24) is 9.78 Å². The number of carbonyl (C=O) groups is 1. The Hall–Kier alpha value is -2.30. The molecule has 0 atom stereocenters. The normalized spacial score (nSPS) is 10.4. The second-order valence-electron chi connectivity index (χ2n) is 4.33. The Morgan fingerprint density at radius 3 is 2.74 bits per heavy atom. The van der Waals surface area contributed by atoms with Crippen LogP contribution >= 0.6 is 0 Å². The Bertz CT molecular complexity index is 599. The summed E-state index contributed by atoms with van der Waals surface area (Å²) in [4.78, 5) is 23.4. The molecular formula is C14H17N3O2. The lowest BCUT2D eigenvalue weighted by Gasteiger charge is -2.03. The standard InChI is InChI=1S/C14H17N3O2/c1-2-3-9-13(18)15-12-10-14(19)17(16-12)11-7-5-4-6-8-11/h4-8,10,16H,2-3,9H2,1H3,(H,15,18). The summed E-state index contributed by atoms with van der Waals surface area (Å²) < 4.78 is 1.40. The number of rotatable bonds is 5. The lowest BCUT2D eigenvalue weighted by molar-refractivity contribution is -0.116. The number of carbonyl (C=O) groups excluding carboxylic acids is 1. The molecular weight excluding hydrogens is 242 g/mol. The highest BCUT2D eigenvalue weighted by Gasteiger charge is 2.07. The average Bonchev–Trinajstić information content (AvgIpc) is 2.78. The number of hydrogen-bond donors (Lipinski definition) is 2. The van der Waals surface area contributed by atoms with Gasteiger partial charge in [-0.3, -0.25) is 14.7 Å². The molecule has 2 rings (SSSR count). The molecule has 1 aromatic carbocycles. The number of aromatic amines is 1. The summed E-state index contributed by atoms with van der Waals surface area (Å²) in [6.45, 7) is 2.03. The average molecular weight is 259 g/mol. The monoisotopic (exact) mass is 259 g/mol. The van der Waals surface area contributed by atoms with Crippen molar-refractivity contribution in [3.63, 3.8) is 0 Å². The fraction of sp³-hybridized carbons (Fsp3) is 0.286. The van der Waals surface area contributed by atoms with E-state index in [4.69, 9.17) is 0 Å². The molecule has 0 bridgehead atoms. The van der Waals surface area contributed by atoms with E-state index in [9.17, 15) is 9.59 Å². The number of anilines is 1. The maximum Gasteiger partial charge on any atom is 0.273 e. The SMILES string of the molecule is CCCCC(=O)Nc1cc(=O)n(-c2ccccc2)[nH]1. The first-order valence-corrected chi connectivity index (χ1v) is 6.38. The van der Waals surface area contributed by atoms with Crippen molar-refractivity contribution in [1.29, 1.82) is 0 Å². The number of nitrogens with zero attached hydrogens (tertiary/aromatic N) is 1. The molecule has 0 fully saturated rings. The largest absolute Gasteiger partial charge is 0.311 e. The number of nitrogens with one attached hydrogen (secondary N) is 2. The van der Waals surface area contributed by atoms with E-state index in [1.54, 1.807) is 0 Å². The Balaban J connectivity index is 2.14. The van der Waals surface area contributed by atoms with Gasteiger partial charge in [0.2, 0.25) is 5.91 Å². The van der Waals surface area contributed by atoms with E-state index in [1.807, 2.05) is 37.3 Å². The van der Waals surface area contributed by atoms with Crippen LogP contribution in [0.3, 0.4) is 0 Å². The number of hydrogen-bond acceptors (Lipinski definition) is 2. The van der Waals surface area contributed by atoms with Crippen LogP contribution in [0.1, 0.15) is 26.2 Å². The van der Waals surface area contributed by atoms with Crippen molar-refractivity contribution in [2.45, 2.75) is 26.2 Å². The van der Waals surface area contributed by atoms with Gasteiger partial charge >= 0.3 is 0 Å². The minimum Gasteiger partial charge on any atom is -0.311 e. The zero-order valence-electron chi connectivity index (χ0n) is 10.8. The van der Waals surface area contributed by atoms with Crippen LogP contribution in [-0.2, 0) is 4.79 Å². The number of amides is 1. The fourth-order valence-electron chi connectivity index (χ4n) is 1.78. The molecule has 1 amide bonds. The van der Waals surface area contributed by atoms with Gasteiger partial charge in [-0.2, -0.15) is 0 Å². The van der Waals surface area contributed by atoms with Gasteiger partial charge in [-0.15, -0.1) is 0 Å². The summed E-state index contributed by atoms with van der Waals surface area (Å²) in [6, 6.07) is 10.6. The predicted octanol–water partition coefficient (Wildman–Crippen LogP) is 2.29. The van der Waals surface area contributed by atoms with Crippen LogP contribution in [0.5, 0.6) is 0 Å². The van der Waals surface area contributed by atoms with E-state index in [0.29, 0.717) is 12.2 Å². The third-order valence-corrected chi connectivity index (χ3v) is 2.77. The van der Waals surface area contributed by atoms with Crippen LogP contribution in [0.4, 0.5) is 5.82 Å². The molecule has 0 saturated carbocycles. The second kappa shape index (κ2) is 6.04. The summed E-state index contributed by atoms with van der Waals surface area (Å²) in [5, 5.41) is 5.57. The maximum absolute atomic E-state index is 11.8. The van der Waals surface area contributed by atoms with Crippen LogP contribution in [0.25, 0.3) is 5.69 Å². The highest BCUT2D eigenvalue weighted by Crippen LogP contribution is 2.06. The van der Waals surface area contributed by atoms with Gasteiger partial charge in [0.05, 0.1) is 5.69 Å². The van der Waals surface area contributed by atoms with Crippen LogP contribution in [0.2, 0.25) is 0 Å². The quantitative estimate of drug-likeness (QED) is 0.865. The summed E-state index contributed by atoms with van der Waals surface area (Å²) in [5.41, 5.74) is 0.540. The first-order valence-electron chi connectivity index (χ1n) is 6.38. The molecule has 1 heterocycles. The van der Waals surface area contributed by atoms with Gasteiger partial charge in [0.25, 0.3) is 5.56 Å². The molecule has 0 aliphatic carbocycles. The van der Waals surface area contributed by atoms with E-state index in [1.165, 1.54) is 10.7 Å². The molecule has 1 aromatic heterocycles. The van der Waals surface area contributed by atoms with Crippen molar-refractivity contribution in [2.75, 3.05) is 5.32 Å². The molecule has 2 N–H and O–H groups in total. The summed E-state index contributed by atoms with van der Waals surface area (Å²) in [5.74, 6) is 0.346. The molecule has 0 radical (unpaired) electrons. The highest BCUT2D eigenvalue weighted by molar-refractivity contribution is 5.89. The Kier molecular flexibility index (Phi) is 4.18. The van der Waals surface area contributed by atoms with Gasteiger partial charge in [0, 0.05) is 12.5 Å². The molecule has 19 heavy (non-hydrogen) atoms. The van der Waals surface area contributed by atoms with Crippen LogP contribution < -0.4 is 10.9 Å². The van der Waals surface area contributed by atoms with Gasteiger partial charge in [0.1, 0.15) is 5.82 Å². The number of para-hydroxylation sites is 1. The Labute approximate surface area is 111 Å². The van der Waals surface area contributed by atoms with E-state index in [2.05, 4.69) is 10.4 Å². The molecule has 0 unspecified atom stereocenters. The zero-order valence-corrected chi connectivity index (χ0v) is 10.8. The first-order chi connectivity index (χ1) is 9.20. The number of benzene rings is 1. The molecule has 0 aliphatic rings. The zero-order chi connectivity index (χ0) is 13.7. The third-order valence-electron chi connectivity index (χ3n) is 2.77. The van der Waals surface area contributed by atoms with Gasteiger partial charge in [-0.25, -0.2) is 4.68 Å². The van der Waals surface area contributed by atoms with Gasteiger partial charge < -0.3 is 5.32 Å². The van der Waals surface area contributed by atoms with Crippen molar-refractivity contribution < 1.29 is 4.79 Å². The second-order valence-corrected chi connectivity index (χ2v) is 4.33. The fourth-order valence-corrected chi connectivity index (χ4v) is 1.78. The summed E-state index contributed by atoms with van der Waals surface area (Å²) >= 11 is 0. The third kappa shape index (κ3) is 3.34. The first kappa shape index (κ1) is 13.1. The smallest absolute Gasteiger partial charge is 0.273 e. The minimum absolute atomic E-state index is 0.0803. The molecule has 0 spiro atoms. The molecule has 5 heteroatoms. The van der Waals surface area contributed by atoms with E-state index < -0.39 is 0 Å². The number of aromatic nitrogens is 2. The van der Waals surface area contributed by atoms with Crippen LogP contribution in [0, 0.1) is 0 Å². The van der Waals surface area contributed by atoms with Crippen molar-refractivity contribution in [2.24, 2.45) is 0 Å². The Morgan fingerprint density at radius 2 is 2.05 bits per heavy atom. The van der Waals surface area contributed by atoms with Gasteiger partial charge in [-0.05, 0) is 18.6 Å². The Morgan fingerprint density at radius 1 is 1.32 bits per heavy atom. The summed E-state index contributed by atoms with van der Waals surface area (Å²) in [6.07, 6.45) is 2.28. The highest BCUT2D eigenvalue weighted by atomic mass is 16.2. The van der Waals surface area contributed by atoms with E-state index in [0.717, 1.165) is 18.5 Å². The maximum atomic E-state index is 11.8. The lowest BCUT2D eigenvalue weighted by atomic mass is 10.2. The molecule has 2 aromatic rings. The number of unbranched alkanes of at least 4 members (excludes halogenated alkanes) is 1.